The Hall–Kier alpha value is -3.27. The Kier molecular flexibility index (Phi) is 14.2. The lowest BCUT2D eigenvalue weighted by molar-refractivity contribution is -0.127. The molecule has 46 heavy (non-hydrogen) atoms. The molecule has 1 aliphatic carbocycles. The highest BCUT2D eigenvalue weighted by molar-refractivity contribution is 6.42. The first kappa shape index (κ1) is 37.2. The maximum absolute atomic E-state index is 13.8. The number of carbonyl (C=O) groups is 4. The largest absolute Gasteiger partial charge is 0.444 e. The van der Waals surface area contributed by atoms with Crippen LogP contribution in [0.4, 0.5) is 4.79 Å². The summed E-state index contributed by atoms with van der Waals surface area (Å²) in [5, 5.41) is 5.89. The molecule has 1 saturated carbocycles. The first-order chi connectivity index (χ1) is 21.8. The molecule has 10 heteroatoms. The predicted octanol–water partition coefficient (Wildman–Crippen LogP) is 5.59. The Morgan fingerprint density at radius 1 is 1.00 bits per heavy atom. The third-order valence-electron chi connectivity index (χ3n) is 9.14. The molecular weight excluding hydrogens is 582 g/mol. The number of likely N-dealkylation sites (N-methyl/N-ethyl adjacent to an activating group) is 1. The van der Waals surface area contributed by atoms with E-state index in [0.717, 1.165) is 69.0 Å². The Balaban J connectivity index is 1.71. The lowest BCUT2D eigenvalue weighted by Gasteiger charge is -2.40. The van der Waals surface area contributed by atoms with Crippen LogP contribution in [-0.4, -0.2) is 83.7 Å². The van der Waals surface area contributed by atoms with E-state index in [1.807, 2.05) is 36.1 Å². The van der Waals surface area contributed by atoms with Crippen molar-refractivity contribution >= 4 is 29.5 Å². The zero-order valence-corrected chi connectivity index (χ0v) is 29.2. The van der Waals surface area contributed by atoms with Crippen molar-refractivity contribution < 1.29 is 23.9 Å². The minimum atomic E-state index is -0.667. The van der Waals surface area contributed by atoms with Crippen molar-refractivity contribution in [1.82, 2.24) is 20.4 Å². The van der Waals surface area contributed by atoms with Gasteiger partial charge in [0.2, 0.25) is 11.8 Å². The van der Waals surface area contributed by atoms with Gasteiger partial charge in [-0.1, -0.05) is 77.1 Å². The van der Waals surface area contributed by atoms with Gasteiger partial charge in [0.1, 0.15) is 17.4 Å². The first-order valence-corrected chi connectivity index (χ1v) is 17.3. The molecule has 3 unspecified atom stereocenters. The van der Waals surface area contributed by atoms with E-state index in [-0.39, 0.29) is 47.7 Å². The minimum Gasteiger partial charge on any atom is -0.444 e. The van der Waals surface area contributed by atoms with E-state index in [0.29, 0.717) is 19.6 Å². The van der Waals surface area contributed by atoms with E-state index < -0.39 is 17.7 Å². The van der Waals surface area contributed by atoms with Gasteiger partial charge in [0.15, 0.2) is 0 Å². The molecular formula is C36H57N5O5. The molecule has 256 valence electrons. The second kappa shape index (κ2) is 17.6. The van der Waals surface area contributed by atoms with Gasteiger partial charge in [0, 0.05) is 44.6 Å². The van der Waals surface area contributed by atoms with Crippen LogP contribution in [0.2, 0.25) is 0 Å². The molecule has 1 heterocycles. The Labute approximate surface area is 276 Å². The van der Waals surface area contributed by atoms with Crippen molar-refractivity contribution in [2.24, 2.45) is 10.9 Å². The van der Waals surface area contributed by atoms with E-state index in [9.17, 15) is 19.2 Å². The third-order valence-corrected chi connectivity index (χ3v) is 9.14. The lowest BCUT2D eigenvalue weighted by Crippen LogP contribution is -2.55. The highest BCUT2D eigenvalue weighted by Crippen LogP contribution is 2.27. The van der Waals surface area contributed by atoms with Crippen molar-refractivity contribution in [2.75, 3.05) is 26.7 Å². The quantitative estimate of drug-likeness (QED) is 0.241. The normalized spacial score (nSPS) is 19.9. The van der Waals surface area contributed by atoms with Crippen LogP contribution in [-0.2, 0) is 25.7 Å². The second-order valence-corrected chi connectivity index (χ2v) is 14.0. The van der Waals surface area contributed by atoms with Gasteiger partial charge in [-0.2, -0.15) is 0 Å². The summed E-state index contributed by atoms with van der Waals surface area (Å²) in [5.41, 5.74) is 1.37. The number of aliphatic imine (C=N–C) groups is 1. The molecule has 2 aliphatic rings. The number of amides is 4. The Morgan fingerprint density at radius 3 is 2.24 bits per heavy atom. The molecule has 0 spiro atoms. The molecule has 1 aromatic rings. The van der Waals surface area contributed by atoms with Crippen molar-refractivity contribution in [3.63, 3.8) is 0 Å². The summed E-state index contributed by atoms with van der Waals surface area (Å²) in [4.78, 5) is 60.8. The summed E-state index contributed by atoms with van der Waals surface area (Å²) in [6.07, 6.45) is 7.82. The van der Waals surface area contributed by atoms with Crippen LogP contribution in [0.3, 0.4) is 0 Å². The van der Waals surface area contributed by atoms with Crippen molar-refractivity contribution in [3.05, 3.63) is 35.4 Å². The van der Waals surface area contributed by atoms with Gasteiger partial charge in [-0.15, -0.1) is 0 Å². The molecule has 10 nitrogen and oxygen atoms in total. The smallest absolute Gasteiger partial charge is 0.408 e. The lowest BCUT2D eigenvalue weighted by atomic mass is 9.91. The molecule has 0 aromatic heterocycles. The third kappa shape index (κ3) is 11.2. The number of alkyl carbamates (subject to hydrolysis) is 1. The van der Waals surface area contributed by atoms with Gasteiger partial charge in [-0.05, 0) is 64.1 Å². The summed E-state index contributed by atoms with van der Waals surface area (Å²) in [6.45, 7) is 13.5. The van der Waals surface area contributed by atoms with Gasteiger partial charge >= 0.3 is 6.09 Å². The molecule has 4 amide bonds. The van der Waals surface area contributed by atoms with Gasteiger partial charge < -0.3 is 20.3 Å². The number of hydrogen-bond acceptors (Lipinski definition) is 6. The number of benzene rings is 1. The second-order valence-electron chi connectivity index (χ2n) is 14.0. The molecule has 1 saturated heterocycles. The van der Waals surface area contributed by atoms with E-state index >= 15 is 0 Å². The monoisotopic (exact) mass is 639 g/mol. The first-order valence-electron chi connectivity index (χ1n) is 17.3. The van der Waals surface area contributed by atoms with Crippen molar-refractivity contribution in [2.45, 2.75) is 129 Å². The van der Waals surface area contributed by atoms with Gasteiger partial charge in [-0.25, -0.2) is 9.79 Å². The summed E-state index contributed by atoms with van der Waals surface area (Å²) < 4.78 is 5.48. The fourth-order valence-corrected chi connectivity index (χ4v) is 6.34. The number of nitrogens with one attached hydrogen (secondary N) is 2. The van der Waals surface area contributed by atoms with Gasteiger partial charge in [0.25, 0.3) is 5.91 Å². The van der Waals surface area contributed by atoms with Crippen LogP contribution in [0.25, 0.3) is 0 Å². The molecule has 3 atom stereocenters. The van der Waals surface area contributed by atoms with E-state index in [4.69, 9.17) is 4.74 Å². The van der Waals surface area contributed by atoms with E-state index in [1.165, 1.54) is 0 Å². The standard InChI is InChI=1S/C36H57N5O5/c1-8-14-29-24-41(22-21-40(29)7)34(44)31(38-30(42)9-2)25(3)27-19-17-26(18-20-27)23-37-33(43)32(28-15-12-10-11-13-16-28)39-35(45)46-36(4,5)6/h17-20,25,28-29,32H,8-16,21-24H2,1-7H3,(H,37,43)(H,39,45). The highest BCUT2D eigenvalue weighted by Gasteiger charge is 2.33. The summed E-state index contributed by atoms with van der Waals surface area (Å²) in [7, 11) is 2.10. The van der Waals surface area contributed by atoms with Gasteiger partial charge in [-0.3, -0.25) is 19.3 Å². The average molecular weight is 640 g/mol. The van der Waals surface area contributed by atoms with Crippen LogP contribution in [0, 0.1) is 5.92 Å². The fourth-order valence-electron chi connectivity index (χ4n) is 6.34. The highest BCUT2D eigenvalue weighted by atomic mass is 16.6. The molecule has 0 radical (unpaired) electrons. The summed E-state index contributed by atoms with van der Waals surface area (Å²) in [5.74, 6) is -1.04. The predicted molar refractivity (Wildman–Crippen MR) is 182 cm³/mol. The fraction of sp³-hybridized carbons (Fsp3) is 0.694. The van der Waals surface area contributed by atoms with Gasteiger partial charge in [0.05, 0.1) is 0 Å². The summed E-state index contributed by atoms with van der Waals surface area (Å²) >= 11 is 0. The van der Waals surface area contributed by atoms with Crippen LogP contribution in [0.1, 0.15) is 116 Å². The number of carbonyl (C=O) groups excluding carboxylic acids is 4. The van der Waals surface area contributed by atoms with Crippen LogP contribution in [0.5, 0.6) is 0 Å². The average Bonchev–Trinajstić information content (AvgIpc) is 3.30. The van der Waals surface area contributed by atoms with Crippen LogP contribution >= 0.6 is 0 Å². The zero-order valence-electron chi connectivity index (χ0n) is 29.2. The number of rotatable bonds is 11. The zero-order chi connectivity index (χ0) is 33.9. The number of ether oxygens (including phenoxy) is 1. The maximum Gasteiger partial charge on any atom is 0.408 e. The molecule has 2 fully saturated rings. The molecule has 2 N–H and O–H groups in total. The molecule has 0 bridgehead atoms. The topological polar surface area (TPSA) is 120 Å². The maximum atomic E-state index is 13.8. The van der Waals surface area contributed by atoms with E-state index in [2.05, 4.69) is 34.5 Å². The SMILES string of the molecule is CCCC1CN(C(=O)C(=NC(=O)CC)C(C)c2ccc(CNC(=O)C(NC(=O)OC(C)(C)C)C3CCCCCC3)cc2)CCN1C. The number of piperazine rings is 1. The van der Waals surface area contributed by atoms with Crippen LogP contribution in [0.15, 0.2) is 29.3 Å². The number of nitrogens with zero attached hydrogens (tertiary/aromatic N) is 3. The summed E-state index contributed by atoms with van der Waals surface area (Å²) in [6, 6.07) is 7.32. The minimum absolute atomic E-state index is 0.0527. The Morgan fingerprint density at radius 2 is 1.65 bits per heavy atom. The van der Waals surface area contributed by atoms with Crippen molar-refractivity contribution in [3.8, 4) is 0 Å². The molecule has 3 rings (SSSR count). The van der Waals surface area contributed by atoms with E-state index in [1.54, 1.807) is 27.7 Å². The van der Waals surface area contributed by atoms with Crippen molar-refractivity contribution in [1.29, 1.82) is 0 Å². The Bertz CT molecular complexity index is 1200. The van der Waals surface area contributed by atoms with Crippen LogP contribution < -0.4 is 10.6 Å². The molecule has 1 aliphatic heterocycles. The number of hydrogen-bond donors (Lipinski definition) is 2. The molecule has 1 aromatic carbocycles.